The fraction of sp³-hybridized carbons (Fsp3) is 0.0714. The SMILES string of the molecule is Cc1csc(N/C=C(/C#N)C(=O)Nc2ccc(N)cc2Cl)n1. The molecule has 4 N–H and O–H groups in total. The van der Waals surface area contributed by atoms with Crippen molar-refractivity contribution in [3.8, 4) is 6.07 Å². The Hall–Kier alpha value is -2.56. The van der Waals surface area contributed by atoms with Crippen LogP contribution < -0.4 is 16.4 Å². The number of thiazole rings is 1. The second-order valence-electron chi connectivity index (χ2n) is 4.30. The summed E-state index contributed by atoms with van der Waals surface area (Å²) in [7, 11) is 0. The van der Waals surface area contributed by atoms with E-state index in [-0.39, 0.29) is 5.57 Å². The number of benzene rings is 1. The summed E-state index contributed by atoms with van der Waals surface area (Å²) in [4.78, 5) is 16.2. The van der Waals surface area contributed by atoms with Gasteiger partial charge in [-0.2, -0.15) is 5.26 Å². The number of hydrogen-bond donors (Lipinski definition) is 3. The molecular weight excluding hydrogens is 322 g/mol. The monoisotopic (exact) mass is 333 g/mol. The van der Waals surface area contributed by atoms with Crippen molar-refractivity contribution >= 4 is 45.4 Å². The molecule has 0 fully saturated rings. The number of halogens is 1. The topological polar surface area (TPSA) is 104 Å². The molecule has 1 aromatic carbocycles. The summed E-state index contributed by atoms with van der Waals surface area (Å²) in [5.74, 6) is -0.574. The summed E-state index contributed by atoms with van der Waals surface area (Å²) in [6.07, 6.45) is 1.30. The smallest absolute Gasteiger partial charge is 0.267 e. The van der Waals surface area contributed by atoms with Crippen molar-refractivity contribution in [3.63, 3.8) is 0 Å². The number of carbonyl (C=O) groups excluding carboxylic acids is 1. The molecule has 22 heavy (non-hydrogen) atoms. The first-order valence-corrected chi connectivity index (χ1v) is 7.40. The van der Waals surface area contributed by atoms with E-state index in [0.717, 1.165) is 5.69 Å². The highest BCUT2D eigenvalue weighted by Crippen LogP contribution is 2.24. The molecular formula is C14H12ClN5OS. The van der Waals surface area contributed by atoms with Crippen molar-refractivity contribution < 1.29 is 4.79 Å². The van der Waals surface area contributed by atoms with Crippen molar-refractivity contribution in [1.29, 1.82) is 5.26 Å². The number of hydrogen-bond acceptors (Lipinski definition) is 6. The first kappa shape index (κ1) is 15.8. The lowest BCUT2D eigenvalue weighted by Gasteiger charge is -2.07. The van der Waals surface area contributed by atoms with Crippen LogP contribution in [0.1, 0.15) is 5.69 Å². The fourth-order valence-electron chi connectivity index (χ4n) is 1.53. The highest BCUT2D eigenvalue weighted by molar-refractivity contribution is 7.13. The van der Waals surface area contributed by atoms with E-state index in [1.165, 1.54) is 23.6 Å². The van der Waals surface area contributed by atoms with Crippen molar-refractivity contribution in [2.75, 3.05) is 16.4 Å². The largest absolute Gasteiger partial charge is 0.399 e. The summed E-state index contributed by atoms with van der Waals surface area (Å²) >= 11 is 7.35. The summed E-state index contributed by atoms with van der Waals surface area (Å²) in [6, 6.07) is 6.52. The van der Waals surface area contributed by atoms with Crippen molar-refractivity contribution in [3.05, 3.63) is 46.1 Å². The minimum absolute atomic E-state index is 0.0965. The van der Waals surface area contributed by atoms with Gasteiger partial charge < -0.3 is 16.4 Å². The van der Waals surface area contributed by atoms with Crippen LogP contribution in [-0.4, -0.2) is 10.9 Å². The second-order valence-corrected chi connectivity index (χ2v) is 5.57. The molecule has 0 spiro atoms. The molecule has 0 atom stereocenters. The Balaban J connectivity index is 2.10. The number of aryl methyl sites for hydroxylation is 1. The van der Waals surface area contributed by atoms with Crippen LogP contribution in [-0.2, 0) is 4.79 Å². The minimum Gasteiger partial charge on any atom is -0.399 e. The summed E-state index contributed by atoms with van der Waals surface area (Å²) in [5, 5.41) is 17.2. The second kappa shape index (κ2) is 6.93. The standard InChI is InChI=1S/C14H12ClN5OS/c1-8-7-22-14(19-8)18-6-9(5-16)13(21)20-12-3-2-10(17)4-11(12)15/h2-4,6-7H,17H2,1H3,(H,18,19)(H,20,21)/b9-6-. The molecule has 1 aromatic heterocycles. The Bertz CT molecular complexity index is 778. The maximum atomic E-state index is 12.1. The minimum atomic E-state index is -0.574. The van der Waals surface area contributed by atoms with Crippen LogP contribution in [0.25, 0.3) is 0 Å². The number of aromatic nitrogens is 1. The zero-order valence-electron chi connectivity index (χ0n) is 11.6. The molecule has 0 saturated carbocycles. The molecule has 0 aliphatic rings. The van der Waals surface area contributed by atoms with Crippen molar-refractivity contribution in [1.82, 2.24) is 4.98 Å². The van der Waals surface area contributed by atoms with Crippen LogP contribution in [0.5, 0.6) is 0 Å². The molecule has 112 valence electrons. The van der Waals surface area contributed by atoms with Gasteiger partial charge in [-0.3, -0.25) is 4.79 Å². The zero-order valence-corrected chi connectivity index (χ0v) is 13.1. The predicted octanol–water partition coefficient (Wildman–Crippen LogP) is 3.15. The maximum Gasteiger partial charge on any atom is 0.267 e. The summed E-state index contributed by atoms with van der Waals surface area (Å²) in [5.41, 5.74) is 7.21. The number of nitrogens with one attached hydrogen (secondary N) is 2. The van der Waals surface area contributed by atoms with Gasteiger partial charge in [0, 0.05) is 17.3 Å². The number of rotatable bonds is 4. The summed E-state index contributed by atoms with van der Waals surface area (Å²) < 4.78 is 0. The Labute approximate surface area is 136 Å². The molecule has 1 amide bonds. The molecule has 6 nitrogen and oxygen atoms in total. The lowest BCUT2D eigenvalue weighted by molar-refractivity contribution is -0.112. The number of amides is 1. The van der Waals surface area contributed by atoms with Gasteiger partial charge in [0.1, 0.15) is 11.6 Å². The quantitative estimate of drug-likeness (QED) is 0.453. The Morgan fingerprint density at radius 2 is 2.32 bits per heavy atom. The van der Waals surface area contributed by atoms with E-state index in [1.54, 1.807) is 12.1 Å². The number of carbonyl (C=O) groups is 1. The summed E-state index contributed by atoms with van der Waals surface area (Å²) in [6.45, 7) is 1.85. The van der Waals surface area contributed by atoms with E-state index in [2.05, 4.69) is 15.6 Å². The number of nitriles is 1. The molecule has 0 bridgehead atoms. The van der Waals surface area contributed by atoms with Crippen LogP contribution in [0, 0.1) is 18.3 Å². The van der Waals surface area contributed by atoms with E-state index >= 15 is 0 Å². The van der Waals surface area contributed by atoms with E-state index in [1.807, 2.05) is 18.4 Å². The average Bonchev–Trinajstić information content (AvgIpc) is 2.88. The molecule has 1 heterocycles. The maximum absolute atomic E-state index is 12.1. The van der Waals surface area contributed by atoms with Crippen LogP contribution in [0.4, 0.5) is 16.5 Å². The normalized spacial score (nSPS) is 10.9. The van der Waals surface area contributed by atoms with Crippen molar-refractivity contribution in [2.24, 2.45) is 0 Å². The zero-order chi connectivity index (χ0) is 16.1. The van der Waals surface area contributed by atoms with Gasteiger partial charge in [-0.05, 0) is 25.1 Å². The molecule has 0 radical (unpaired) electrons. The van der Waals surface area contributed by atoms with Gasteiger partial charge in [0.05, 0.1) is 16.4 Å². The lowest BCUT2D eigenvalue weighted by Crippen LogP contribution is -2.15. The predicted molar refractivity (Wildman–Crippen MR) is 88.7 cm³/mol. The molecule has 0 saturated heterocycles. The Morgan fingerprint density at radius 3 is 2.91 bits per heavy atom. The highest BCUT2D eigenvalue weighted by atomic mass is 35.5. The van der Waals surface area contributed by atoms with Gasteiger partial charge in [0.25, 0.3) is 5.91 Å². The van der Waals surface area contributed by atoms with Gasteiger partial charge in [0.2, 0.25) is 0 Å². The van der Waals surface area contributed by atoms with Crippen molar-refractivity contribution in [2.45, 2.75) is 6.92 Å². The lowest BCUT2D eigenvalue weighted by atomic mass is 10.2. The van der Waals surface area contributed by atoms with E-state index in [9.17, 15) is 4.79 Å². The van der Waals surface area contributed by atoms with Gasteiger partial charge in [-0.15, -0.1) is 11.3 Å². The van der Waals surface area contributed by atoms with Gasteiger partial charge >= 0.3 is 0 Å². The van der Waals surface area contributed by atoms with E-state index < -0.39 is 5.91 Å². The Kier molecular flexibility index (Phi) is 4.99. The highest BCUT2D eigenvalue weighted by Gasteiger charge is 2.11. The first-order valence-electron chi connectivity index (χ1n) is 6.15. The van der Waals surface area contributed by atoms with E-state index in [4.69, 9.17) is 22.6 Å². The van der Waals surface area contributed by atoms with Crippen LogP contribution in [0.2, 0.25) is 5.02 Å². The molecule has 8 heteroatoms. The molecule has 2 rings (SSSR count). The van der Waals surface area contributed by atoms with Gasteiger partial charge in [-0.25, -0.2) is 4.98 Å². The van der Waals surface area contributed by atoms with Gasteiger partial charge in [-0.1, -0.05) is 11.6 Å². The van der Waals surface area contributed by atoms with Crippen LogP contribution in [0.3, 0.4) is 0 Å². The van der Waals surface area contributed by atoms with Crippen LogP contribution in [0.15, 0.2) is 35.4 Å². The van der Waals surface area contributed by atoms with E-state index in [0.29, 0.717) is 21.5 Å². The Morgan fingerprint density at radius 1 is 1.55 bits per heavy atom. The molecule has 0 unspecified atom stereocenters. The molecule has 0 aliphatic carbocycles. The third kappa shape index (κ3) is 3.97. The first-order chi connectivity index (χ1) is 10.5. The number of nitrogens with zero attached hydrogens (tertiary/aromatic N) is 2. The molecule has 0 aliphatic heterocycles. The number of nitrogens with two attached hydrogens (primary N) is 1. The number of nitrogen functional groups attached to an aromatic ring is 1. The number of anilines is 3. The third-order valence-electron chi connectivity index (χ3n) is 2.57. The van der Waals surface area contributed by atoms with Gasteiger partial charge in [0.15, 0.2) is 5.13 Å². The average molecular weight is 334 g/mol. The fourth-order valence-corrected chi connectivity index (χ4v) is 2.42. The molecule has 2 aromatic rings. The third-order valence-corrected chi connectivity index (χ3v) is 3.77. The van der Waals surface area contributed by atoms with Crippen LogP contribution >= 0.6 is 22.9 Å².